The summed E-state index contributed by atoms with van der Waals surface area (Å²) in [5.41, 5.74) is 2.34. The van der Waals surface area contributed by atoms with Gasteiger partial charge in [-0.05, 0) is 36.3 Å². The molecule has 0 atom stereocenters. The Balaban J connectivity index is 2.43. The number of aromatic nitrogens is 2. The first kappa shape index (κ1) is 15.2. The zero-order valence-corrected chi connectivity index (χ0v) is 13.5. The Morgan fingerprint density at radius 1 is 1.40 bits per heavy atom. The second-order valence-corrected chi connectivity index (χ2v) is 6.69. The molecule has 0 N–H and O–H groups in total. The van der Waals surface area contributed by atoms with Gasteiger partial charge in [0.25, 0.3) is 0 Å². The number of imidazole rings is 1. The molecule has 0 aliphatic carbocycles. The van der Waals surface area contributed by atoms with Gasteiger partial charge in [-0.15, -0.1) is 18.3 Å². The molecule has 2 nitrogen and oxygen atoms in total. The number of rotatable bonds is 7. The third kappa shape index (κ3) is 3.45. The molecular formula is C17H24N2S. The van der Waals surface area contributed by atoms with Crippen LogP contribution in [0.3, 0.4) is 0 Å². The number of benzene rings is 1. The van der Waals surface area contributed by atoms with E-state index in [9.17, 15) is 0 Å². The lowest BCUT2D eigenvalue weighted by Crippen LogP contribution is -2.05. The van der Waals surface area contributed by atoms with E-state index < -0.39 is 0 Å². The van der Waals surface area contributed by atoms with E-state index in [1.54, 1.807) is 0 Å². The van der Waals surface area contributed by atoms with E-state index in [-0.39, 0.29) is 0 Å². The van der Waals surface area contributed by atoms with Gasteiger partial charge < -0.3 is 4.57 Å². The van der Waals surface area contributed by atoms with Gasteiger partial charge in [0.05, 0.1) is 11.0 Å². The van der Waals surface area contributed by atoms with E-state index in [2.05, 4.69) is 50.1 Å². The van der Waals surface area contributed by atoms with Crippen molar-refractivity contribution in [3.63, 3.8) is 0 Å². The van der Waals surface area contributed by atoms with Crippen LogP contribution in [0.4, 0.5) is 0 Å². The number of thioether (sulfide) groups is 1. The summed E-state index contributed by atoms with van der Waals surface area (Å²) in [6, 6.07) is 6.61. The molecule has 1 heterocycles. The number of hydrogen-bond donors (Lipinski definition) is 0. The molecule has 0 saturated heterocycles. The van der Waals surface area contributed by atoms with E-state index >= 15 is 0 Å². The van der Waals surface area contributed by atoms with Crippen LogP contribution >= 0.6 is 11.8 Å². The summed E-state index contributed by atoms with van der Waals surface area (Å²) in [6.07, 6.45) is 4.17. The second-order valence-electron chi connectivity index (χ2n) is 5.52. The van der Waals surface area contributed by atoms with E-state index in [0.29, 0.717) is 5.92 Å². The van der Waals surface area contributed by atoms with Gasteiger partial charge in [-0.2, -0.15) is 0 Å². The number of fused-ring (bicyclic) bond motifs is 1. The van der Waals surface area contributed by atoms with Gasteiger partial charge in [-0.3, -0.25) is 0 Å². The molecule has 1 aromatic carbocycles. The van der Waals surface area contributed by atoms with Crippen molar-refractivity contribution >= 4 is 22.8 Å². The minimum Gasteiger partial charge on any atom is -0.324 e. The molecule has 20 heavy (non-hydrogen) atoms. The number of allylic oxidation sites excluding steroid dienone is 1. The van der Waals surface area contributed by atoms with Crippen LogP contribution in [-0.2, 0) is 13.0 Å². The Kier molecular flexibility index (Phi) is 5.30. The fourth-order valence-corrected chi connectivity index (χ4v) is 3.11. The van der Waals surface area contributed by atoms with Gasteiger partial charge in [0.1, 0.15) is 5.82 Å². The molecule has 0 amide bonds. The van der Waals surface area contributed by atoms with Crippen molar-refractivity contribution in [2.45, 2.75) is 45.1 Å². The van der Waals surface area contributed by atoms with Gasteiger partial charge >= 0.3 is 0 Å². The maximum atomic E-state index is 4.80. The van der Waals surface area contributed by atoms with Crippen molar-refractivity contribution in [1.29, 1.82) is 0 Å². The second kappa shape index (κ2) is 6.98. The molecule has 0 aliphatic rings. The van der Waals surface area contributed by atoms with Crippen molar-refractivity contribution in [2.24, 2.45) is 5.92 Å². The van der Waals surface area contributed by atoms with Gasteiger partial charge in [-0.1, -0.05) is 26.8 Å². The van der Waals surface area contributed by atoms with Gasteiger partial charge in [0.15, 0.2) is 0 Å². The minimum absolute atomic E-state index is 0.615. The monoisotopic (exact) mass is 288 g/mol. The van der Waals surface area contributed by atoms with E-state index in [1.165, 1.54) is 28.4 Å². The molecule has 3 heteroatoms. The Bertz CT molecular complexity index is 584. The average molecular weight is 288 g/mol. The summed E-state index contributed by atoms with van der Waals surface area (Å²) in [6.45, 7) is 11.4. The maximum Gasteiger partial charge on any atom is 0.110 e. The Morgan fingerprint density at radius 3 is 2.85 bits per heavy atom. The first-order chi connectivity index (χ1) is 9.65. The van der Waals surface area contributed by atoms with E-state index in [0.717, 1.165) is 18.5 Å². The lowest BCUT2D eigenvalue weighted by Gasteiger charge is -2.08. The summed E-state index contributed by atoms with van der Waals surface area (Å²) in [7, 11) is 0. The maximum absolute atomic E-state index is 4.80. The van der Waals surface area contributed by atoms with Crippen LogP contribution in [0, 0.1) is 5.92 Å². The predicted molar refractivity (Wildman–Crippen MR) is 89.5 cm³/mol. The molecule has 0 radical (unpaired) electrons. The number of hydrogen-bond acceptors (Lipinski definition) is 2. The smallest absolute Gasteiger partial charge is 0.110 e. The van der Waals surface area contributed by atoms with Gasteiger partial charge in [-0.25, -0.2) is 4.98 Å². The molecule has 0 fully saturated rings. The summed E-state index contributed by atoms with van der Waals surface area (Å²) in [5.74, 6) is 2.96. The fourth-order valence-electron chi connectivity index (χ4n) is 2.32. The topological polar surface area (TPSA) is 17.8 Å². The summed E-state index contributed by atoms with van der Waals surface area (Å²) in [5, 5.41) is 0. The largest absolute Gasteiger partial charge is 0.324 e. The normalized spacial score (nSPS) is 11.4. The minimum atomic E-state index is 0.615. The van der Waals surface area contributed by atoms with Crippen LogP contribution in [0.2, 0.25) is 0 Å². The molecule has 0 bridgehead atoms. The van der Waals surface area contributed by atoms with E-state index in [4.69, 9.17) is 4.98 Å². The Labute approximate surface area is 126 Å². The van der Waals surface area contributed by atoms with Crippen molar-refractivity contribution in [3.8, 4) is 0 Å². The summed E-state index contributed by atoms with van der Waals surface area (Å²) in [4.78, 5) is 6.13. The quantitative estimate of drug-likeness (QED) is 0.531. The molecule has 2 aromatic rings. The zero-order chi connectivity index (χ0) is 14.5. The van der Waals surface area contributed by atoms with Crippen LogP contribution in [0.1, 0.15) is 33.0 Å². The Morgan fingerprint density at radius 2 is 2.20 bits per heavy atom. The molecule has 0 saturated carbocycles. The highest BCUT2D eigenvalue weighted by Crippen LogP contribution is 2.26. The van der Waals surface area contributed by atoms with Crippen LogP contribution in [0.25, 0.3) is 11.0 Å². The van der Waals surface area contributed by atoms with Gasteiger partial charge in [0, 0.05) is 17.9 Å². The lowest BCUT2D eigenvalue weighted by molar-refractivity contribution is 0.597. The molecule has 1 aromatic heterocycles. The number of nitrogens with zero attached hydrogens (tertiary/aromatic N) is 2. The van der Waals surface area contributed by atoms with Crippen molar-refractivity contribution < 1.29 is 0 Å². The SMILES string of the molecule is C=CCn1c(CC(C)C)nc2ccc(SCCC)cc21. The third-order valence-corrected chi connectivity index (χ3v) is 4.37. The standard InChI is InChI=1S/C17H24N2S/c1-5-9-19-16-12-14(20-10-6-2)7-8-15(16)18-17(19)11-13(3)4/h5,7-8,12-13H,1,6,9-11H2,2-4H3. The van der Waals surface area contributed by atoms with Crippen molar-refractivity contribution in [3.05, 3.63) is 36.7 Å². The first-order valence-corrected chi connectivity index (χ1v) is 8.37. The highest BCUT2D eigenvalue weighted by Gasteiger charge is 2.11. The molecule has 2 rings (SSSR count). The molecule has 0 spiro atoms. The van der Waals surface area contributed by atoms with Crippen LogP contribution in [0.5, 0.6) is 0 Å². The van der Waals surface area contributed by atoms with E-state index in [1.807, 2.05) is 17.8 Å². The van der Waals surface area contributed by atoms with Crippen molar-refractivity contribution in [2.75, 3.05) is 5.75 Å². The molecule has 0 unspecified atom stereocenters. The average Bonchev–Trinajstić information content (AvgIpc) is 2.74. The molecule has 0 aliphatic heterocycles. The Hall–Kier alpha value is -1.22. The van der Waals surface area contributed by atoms with Gasteiger partial charge in [0.2, 0.25) is 0 Å². The van der Waals surface area contributed by atoms with Crippen LogP contribution < -0.4 is 0 Å². The highest BCUT2D eigenvalue weighted by molar-refractivity contribution is 7.99. The predicted octanol–water partition coefficient (Wildman–Crippen LogP) is 4.92. The lowest BCUT2D eigenvalue weighted by atomic mass is 10.1. The zero-order valence-electron chi connectivity index (χ0n) is 12.7. The third-order valence-electron chi connectivity index (χ3n) is 3.17. The van der Waals surface area contributed by atoms with Crippen LogP contribution in [-0.4, -0.2) is 15.3 Å². The highest BCUT2D eigenvalue weighted by atomic mass is 32.2. The fraction of sp³-hybridized carbons (Fsp3) is 0.471. The van der Waals surface area contributed by atoms with Crippen LogP contribution in [0.15, 0.2) is 35.7 Å². The molecular weight excluding hydrogens is 264 g/mol. The molecule has 108 valence electrons. The summed E-state index contributed by atoms with van der Waals surface area (Å²) < 4.78 is 2.30. The van der Waals surface area contributed by atoms with Crippen molar-refractivity contribution in [1.82, 2.24) is 9.55 Å². The first-order valence-electron chi connectivity index (χ1n) is 7.38. The summed E-state index contributed by atoms with van der Waals surface area (Å²) >= 11 is 1.92.